The van der Waals surface area contributed by atoms with Crippen LogP contribution in [0.3, 0.4) is 0 Å². The molecule has 2 fully saturated rings. The molecule has 2 unspecified atom stereocenters. The predicted molar refractivity (Wildman–Crippen MR) is 76.3 cm³/mol. The summed E-state index contributed by atoms with van der Waals surface area (Å²) in [5, 5.41) is 0. The van der Waals surface area contributed by atoms with Gasteiger partial charge in [-0.3, -0.25) is 4.79 Å². The van der Waals surface area contributed by atoms with Gasteiger partial charge in [0.2, 0.25) is 0 Å². The molecule has 2 aliphatic carbocycles. The maximum Gasteiger partial charge on any atom is 0.309 e. The van der Waals surface area contributed by atoms with Crippen molar-refractivity contribution in [1.29, 1.82) is 0 Å². The summed E-state index contributed by atoms with van der Waals surface area (Å²) in [7, 11) is 1.64. The number of fused-ring (bicyclic) bond motifs is 2. The van der Waals surface area contributed by atoms with Crippen molar-refractivity contribution in [3.05, 3.63) is 29.8 Å². The minimum absolute atomic E-state index is 0.000480. The molecule has 3 nitrogen and oxygen atoms in total. The fourth-order valence-electron chi connectivity index (χ4n) is 3.96. The topological polar surface area (TPSA) is 35.5 Å². The van der Waals surface area contributed by atoms with Gasteiger partial charge in [0, 0.05) is 0 Å². The molecule has 0 aliphatic heterocycles. The molecule has 0 amide bonds. The van der Waals surface area contributed by atoms with Crippen molar-refractivity contribution >= 4 is 5.97 Å². The zero-order chi connectivity index (χ0) is 14.1. The van der Waals surface area contributed by atoms with Gasteiger partial charge in [-0.2, -0.15) is 0 Å². The third-order valence-corrected chi connectivity index (χ3v) is 5.14. The second-order valence-electron chi connectivity index (χ2n) is 6.17. The number of ether oxygens (including phenoxy) is 2. The smallest absolute Gasteiger partial charge is 0.309 e. The van der Waals surface area contributed by atoms with Crippen LogP contribution in [0.1, 0.15) is 31.7 Å². The van der Waals surface area contributed by atoms with Crippen molar-refractivity contribution in [2.24, 2.45) is 23.7 Å². The summed E-state index contributed by atoms with van der Waals surface area (Å²) in [6.45, 7) is 2.58. The van der Waals surface area contributed by atoms with E-state index in [-0.39, 0.29) is 11.9 Å². The summed E-state index contributed by atoms with van der Waals surface area (Å²) in [5.74, 6) is 2.77. The van der Waals surface area contributed by atoms with E-state index in [4.69, 9.17) is 9.47 Å². The van der Waals surface area contributed by atoms with Crippen LogP contribution in [0, 0.1) is 23.7 Å². The van der Waals surface area contributed by atoms with Crippen LogP contribution in [0.4, 0.5) is 0 Å². The average molecular weight is 274 g/mol. The lowest BCUT2D eigenvalue weighted by Crippen LogP contribution is -2.29. The zero-order valence-electron chi connectivity index (χ0n) is 12.2. The first-order valence-corrected chi connectivity index (χ1v) is 7.48. The highest BCUT2D eigenvalue weighted by molar-refractivity contribution is 5.74. The molecule has 1 aromatic carbocycles. The normalized spacial score (nSPS) is 31.3. The molecule has 0 N–H and O–H groups in total. The highest BCUT2D eigenvalue weighted by Gasteiger charge is 2.49. The van der Waals surface area contributed by atoms with Crippen LogP contribution in [0.25, 0.3) is 0 Å². The molecular weight excluding hydrogens is 252 g/mol. The number of carbonyl (C=O) groups is 1. The van der Waals surface area contributed by atoms with Crippen LogP contribution >= 0.6 is 0 Å². The summed E-state index contributed by atoms with van der Waals surface area (Å²) in [6, 6.07) is 7.67. The molecule has 3 heteroatoms. The average Bonchev–Trinajstić information content (AvgIpc) is 3.06. The first-order valence-electron chi connectivity index (χ1n) is 7.48. The molecule has 3 rings (SSSR count). The fraction of sp³-hybridized carbons (Fsp3) is 0.588. The summed E-state index contributed by atoms with van der Waals surface area (Å²) < 4.78 is 10.6. The van der Waals surface area contributed by atoms with Crippen LogP contribution in [0.5, 0.6) is 5.75 Å². The standard InChI is InChI=1S/C17H22O3/c1-11-13-5-6-14(9-13)16(11)17(18)20-10-12-3-7-15(19-2)8-4-12/h3-4,7-8,11,13-14,16H,5-6,9-10H2,1-2H3/t11-,13?,14?,16-/m1/s1. The van der Waals surface area contributed by atoms with E-state index < -0.39 is 0 Å². The third kappa shape index (κ3) is 2.41. The molecule has 1 aromatic rings. The molecule has 2 saturated carbocycles. The lowest BCUT2D eigenvalue weighted by atomic mass is 9.80. The summed E-state index contributed by atoms with van der Waals surface area (Å²) in [4.78, 5) is 12.3. The molecule has 2 bridgehead atoms. The highest BCUT2D eigenvalue weighted by atomic mass is 16.5. The molecule has 20 heavy (non-hydrogen) atoms. The molecule has 2 aliphatic rings. The maximum absolute atomic E-state index is 12.3. The Bertz CT molecular complexity index is 478. The first-order chi connectivity index (χ1) is 9.69. The van der Waals surface area contributed by atoms with Crippen molar-refractivity contribution in [3.63, 3.8) is 0 Å². The number of rotatable bonds is 4. The van der Waals surface area contributed by atoms with E-state index in [1.165, 1.54) is 19.3 Å². The van der Waals surface area contributed by atoms with Crippen molar-refractivity contribution in [1.82, 2.24) is 0 Å². The van der Waals surface area contributed by atoms with Gasteiger partial charge in [-0.1, -0.05) is 19.1 Å². The van der Waals surface area contributed by atoms with E-state index in [1.54, 1.807) is 7.11 Å². The molecule has 4 atom stereocenters. The van der Waals surface area contributed by atoms with Crippen molar-refractivity contribution in [3.8, 4) is 5.75 Å². The Labute approximate surface area is 120 Å². The second kappa shape index (κ2) is 5.47. The second-order valence-corrected chi connectivity index (χ2v) is 6.17. The number of hydrogen-bond acceptors (Lipinski definition) is 3. The Balaban J connectivity index is 1.56. The quantitative estimate of drug-likeness (QED) is 0.789. The monoisotopic (exact) mass is 274 g/mol. The molecule has 0 saturated heterocycles. The Morgan fingerprint density at radius 1 is 1.20 bits per heavy atom. The number of benzene rings is 1. The van der Waals surface area contributed by atoms with Crippen LogP contribution in [0.15, 0.2) is 24.3 Å². The van der Waals surface area contributed by atoms with E-state index in [0.717, 1.165) is 17.2 Å². The zero-order valence-corrected chi connectivity index (χ0v) is 12.2. The van der Waals surface area contributed by atoms with Crippen molar-refractivity contribution < 1.29 is 14.3 Å². The van der Waals surface area contributed by atoms with E-state index in [0.29, 0.717) is 18.4 Å². The molecule has 0 aromatic heterocycles. The summed E-state index contributed by atoms with van der Waals surface area (Å²) in [6.07, 6.45) is 3.73. The van der Waals surface area contributed by atoms with Gasteiger partial charge in [-0.25, -0.2) is 0 Å². The molecule has 0 spiro atoms. The van der Waals surface area contributed by atoms with E-state index in [2.05, 4.69) is 6.92 Å². The van der Waals surface area contributed by atoms with Crippen LogP contribution in [-0.2, 0) is 16.1 Å². The van der Waals surface area contributed by atoms with Gasteiger partial charge in [0.05, 0.1) is 13.0 Å². The Kier molecular flexibility index (Phi) is 3.68. The van der Waals surface area contributed by atoms with Crippen LogP contribution in [-0.4, -0.2) is 13.1 Å². The van der Waals surface area contributed by atoms with Gasteiger partial charge >= 0.3 is 5.97 Å². The van der Waals surface area contributed by atoms with Crippen molar-refractivity contribution in [2.45, 2.75) is 32.8 Å². The number of methoxy groups -OCH3 is 1. The fourth-order valence-corrected chi connectivity index (χ4v) is 3.96. The van der Waals surface area contributed by atoms with Gasteiger partial charge in [0.1, 0.15) is 12.4 Å². The van der Waals surface area contributed by atoms with E-state index in [9.17, 15) is 4.79 Å². The first kappa shape index (κ1) is 13.5. The van der Waals surface area contributed by atoms with E-state index >= 15 is 0 Å². The van der Waals surface area contributed by atoms with Gasteiger partial charge in [0.25, 0.3) is 0 Å². The van der Waals surface area contributed by atoms with Gasteiger partial charge < -0.3 is 9.47 Å². The summed E-state index contributed by atoms with van der Waals surface area (Å²) in [5.41, 5.74) is 1.01. The minimum Gasteiger partial charge on any atom is -0.497 e. The van der Waals surface area contributed by atoms with Gasteiger partial charge in [-0.05, 0) is 54.7 Å². The number of carbonyl (C=O) groups excluding carboxylic acids is 1. The Morgan fingerprint density at radius 3 is 2.50 bits per heavy atom. The lowest BCUT2D eigenvalue weighted by Gasteiger charge is -2.26. The Morgan fingerprint density at radius 2 is 1.90 bits per heavy atom. The van der Waals surface area contributed by atoms with Crippen LogP contribution in [0.2, 0.25) is 0 Å². The van der Waals surface area contributed by atoms with Crippen molar-refractivity contribution in [2.75, 3.05) is 7.11 Å². The number of hydrogen-bond donors (Lipinski definition) is 0. The van der Waals surface area contributed by atoms with E-state index in [1.807, 2.05) is 24.3 Å². The lowest BCUT2D eigenvalue weighted by molar-refractivity contribution is -0.153. The van der Waals surface area contributed by atoms with Gasteiger partial charge in [-0.15, -0.1) is 0 Å². The minimum atomic E-state index is 0.000480. The third-order valence-electron chi connectivity index (χ3n) is 5.14. The highest BCUT2D eigenvalue weighted by Crippen LogP contribution is 2.52. The molecule has 0 radical (unpaired) electrons. The molecular formula is C17H22O3. The van der Waals surface area contributed by atoms with Crippen LogP contribution < -0.4 is 4.74 Å². The largest absolute Gasteiger partial charge is 0.497 e. The summed E-state index contributed by atoms with van der Waals surface area (Å²) >= 11 is 0. The molecule has 108 valence electrons. The number of esters is 1. The Hall–Kier alpha value is -1.51. The SMILES string of the molecule is COc1ccc(COC(=O)[C@H]2C3CCC(C3)[C@H]2C)cc1. The maximum atomic E-state index is 12.3. The molecule has 0 heterocycles. The predicted octanol–water partition coefficient (Wildman–Crippen LogP) is 3.42. The van der Waals surface area contributed by atoms with Gasteiger partial charge in [0.15, 0.2) is 0 Å².